The summed E-state index contributed by atoms with van der Waals surface area (Å²) in [5, 5.41) is 13.5. The largest absolute Gasteiger partial charge is 0.320 e. The molecule has 5 nitrogen and oxygen atoms in total. The van der Waals surface area contributed by atoms with Crippen LogP contribution in [0.4, 0.5) is 11.4 Å². The first kappa shape index (κ1) is 14.2. The summed E-state index contributed by atoms with van der Waals surface area (Å²) in [5.41, 5.74) is 1.01. The molecule has 0 heterocycles. The number of carbonyl (C=O) groups is 1. The molecule has 0 saturated heterocycles. The van der Waals surface area contributed by atoms with Gasteiger partial charge in [0, 0.05) is 12.5 Å². The highest BCUT2D eigenvalue weighted by Crippen LogP contribution is 2.25. The van der Waals surface area contributed by atoms with Gasteiger partial charge in [-0.3, -0.25) is 14.9 Å². The second-order valence-corrected chi connectivity index (χ2v) is 4.28. The van der Waals surface area contributed by atoms with Gasteiger partial charge in [0.1, 0.15) is 5.69 Å². The maximum atomic E-state index is 11.6. The van der Waals surface area contributed by atoms with E-state index in [0.717, 1.165) is 24.8 Å². The van der Waals surface area contributed by atoms with E-state index in [1.165, 1.54) is 6.07 Å². The molecule has 1 amide bonds. The number of hydrogen-bond acceptors (Lipinski definition) is 3. The van der Waals surface area contributed by atoms with Crippen LogP contribution in [0, 0.1) is 17.0 Å². The molecule has 18 heavy (non-hydrogen) atoms. The van der Waals surface area contributed by atoms with E-state index in [1.807, 2.05) is 0 Å². The first-order chi connectivity index (χ1) is 8.54. The summed E-state index contributed by atoms with van der Waals surface area (Å²) in [5.74, 6) is -0.171. The lowest BCUT2D eigenvalue weighted by Gasteiger charge is -2.06. The summed E-state index contributed by atoms with van der Waals surface area (Å²) in [4.78, 5) is 22.0. The van der Waals surface area contributed by atoms with Crippen molar-refractivity contribution in [2.45, 2.75) is 39.5 Å². The minimum absolute atomic E-state index is 0.0566. The number of carbonyl (C=O) groups excluding carboxylic acids is 1. The normalized spacial score (nSPS) is 10.1. The molecule has 0 saturated carbocycles. The lowest BCUT2D eigenvalue weighted by molar-refractivity contribution is -0.384. The molecule has 0 aliphatic heterocycles. The lowest BCUT2D eigenvalue weighted by Crippen LogP contribution is -2.12. The first-order valence-electron chi connectivity index (χ1n) is 6.09. The number of anilines is 1. The van der Waals surface area contributed by atoms with E-state index in [1.54, 1.807) is 19.1 Å². The fraction of sp³-hybridized carbons (Fsp3) is 0.462. The van der Waals surface area contributed by atoms with Gasteiger partial charge in [0.15, 0.2) is 0 Å². The zero-order valence-corrected chi connectivity index (χ0v) is 10.7. The summed E-state index contributed by atoms with van der Waals surface area (Å²) in [7, 11) is 0. The molecule has 0 spiro atoms. The molecule has 1 aromatic rings. The van der Waals surface area contributed by atoms with Gasteiger partial charge in [-0.15, -0.1) is 0 Å². The molecular formula is C13H18N2O3. The van der Waals surface area contributed by atoms with Gasteiger partial charge in [-0.25, -0.2) is 0 Å². The van der Waals surface area contributed by atoms with E-state index in [2.05, 4.69) is 12.2 Å². The molecule has 0 aliphatic carbocycles. The third-order valence-corrected chi connectivity index (χ3v) is 2.63. The molecule has 0 fully saturated rings. The number of nitrogens with one attached hydrogen (secondary N) is 1. The Bertz CT molecular complexity index is 444. The molecule has 5 heteroatoms. The van der Waals surface area contributed by atoms with Crippen LogP contribution in [0.2, 0.25) is 0 Å². The molecule has 0 aliphatic rings. The minimum Gasteiger partial charge on any atom is -0.320 e. The second-order valence-electron chi connectivity index (χ2n) is 4.28. The van der Waals surface area contributed by atoms with Crippen molar-refractivity contribution in [2.24, 2.45) is 0 Å². The summed E-state index contributed by atoms with van der Waals surface area (Å²) in [6.45, 7) is 3.84. The zero-order chi connectivity index (χ0) is 13.5. The second kappa shape index (κ2) is 6.74. The van der Waals surface area contributed by atoms with Gasteiger partial charge in [0.2, 0.25) is 5.91 Å². The Balaban J connectivity index is 2.72. The SMILES string of the molecule is CCCCCC(=O)Nc1ccc(C)cc1[N+](=O)[O-]. The van der Waals surface area contributed by atoms with E-state index in [9.17, 15) is 14.9 Å². The standard InChI is InChI=1S/C13H18N2O3/c1-3-4-5-6-13(16)14-11-8-7-10(2)9-12(11)15(17)18/h7-9H,3-6H2,1-2H3,(H,14,16). The van der Waals surface area contributed by atoms with Crippen LogP contribution >= 0.6 is 0 Å². The van der Waals surface area contributed by atoms with Crippen molar-refractivity contribution in [3.8, 4) is 0 Å². The average molecular weight is 250 g/mol. The number of benzene rings is 1. The molecule has 98 valence electrons. The van der Waals surface area contributed by atoms with Gasteiger partial charge in [-0.2, -0.15) is 0 Å². The maximum Gasteiger partial charge on any atom is 0.293 e. The molecule has 1 N–H and O–H groups in total. The van der Waals surface area contributed by atoms with Crippen LogP contribution in [0.25, 0.3) is 0 Å². The molecule has 1 rings (SSSR count). The van der Waals surface area contributed by atoms with E-state index < -0.39 is 4.92 Å². The van der Waals surface area contributed by atoms with Crippen molar-refractivity contribution in [2.75, 3.05) is 5.32 Å². The first-order valence-corrected chi connectivity index (χ1v) is 6.09. The third kappa shape index (κ3) is 4.16. The van der Waals surface area contributed by atoms with Crippen LogP contribution in [0.15, 0.2) is 18.2 Å². The Hall–Kier alpha value is -1.91. The summed E-state index contributed by atoms with van der Waals surface area (Å²) < 4.78 is 0. The van der Waals surface area contributed by atoms with Crippen molar-refractivity contribution in [1.82, 2.24) is 0 Å². The Kier molecular flexibility index (Phi) is 5.30. The van der Waals surface area contributed by atoms with Crippen molar-refractivity contribution in [3.63, 3.8) is 0 Å². The van der Waals surface area contributed by atoms with E-state index >= 15 is 0 Å². The van der Waals surface area contributed by atoms with E-state index in [4.69, 9.17) is 0 Å². The summed E-state index contributed by atoms with van der Waals surface area (Å²) >= 11 is 0. The topological polar surface area (TPSA) is 72.2 Å². The smallest absolute Gasteiger partial charge is 0.293 e. The van der Waals surface area contributed by atoms with Crippen LogP contribution in [0.3, 0.4) is 0 Å². The van der Waals surface area contributed by atoms with Gasteiger partial charge >= 0.3 is 0 Å². The van der Waals surface area contributed by atoms with Crippen LogP contribution < -0.4 is 5.32 Å². The number of nitro benzene ring substituents is 1. The predicted molar refractivity (Wildman–Crippen MR) is 70.6 cm³/mol. The molecule has 0 radical (unpaired) electrons. The fourth-order valence-corrected chi connectivity index (χ4v) is 1.65. The van der Waals surface area contributed by atoms with Crippen LogP contribution in [0.5, 0.6) is 0 Å². The Labute approximate surface area is 106 Å². The van der Waals surface area contributed by atoms with Gasteiger partial charge in [-0.1, -0.05) is 25.8 Å². The fourth-order valence-electron chi connectivity index (χ4n) is 1.65. The van der Waals surface area contributed by atoms with Gasteiger partial charge in [0.25, 0.3) is 5.69 Å². The molecule has 0 unspecified atom stereocenters. The third-order valence-electron chi connectivity index (χ3n) is 2.63. The average Bonchev–Trinajstić information content (AvgIpc) is 2.31. The van der Waals surface area contributed by atoms with Crippen LogP contribution in [0.1, 0.15) is 38.2 Å². The van der Waals surface area contributed by atoms with Gasteiger partial charge in [0.05, 0.1) is 4.92 Å². The highest BCUT2D eigenvalue weighted by atomic mass is 16.6. The van der Waals surface area contributed by atoms with Crippen LogP contribution in [-0.2, 0) is 4.79 Å². The predicted octanol–water partition coefficient (Wildman–Crippen LogP) is 3.42. The highest BCUT2D eigenvalue weighted by molar-refractivity contribution is 5.93. The van der Waals surface area contributed by atoms with Crippen molar-refractivity contribution < 1.29 is 9.72 Å². The Morgan fingerprint density at radius 1 is 1.39 bits per heavy atom. The molecule has 0 bridgehead atoms. The molecule has 0 atom stereocenters. The maximum absolute atomic E-state index is 11.6. The number of aryl methyl sites for hydroxylation is 1. The van der Waals surface area contributed by atoms with Crippen molar-refractivity contribution >= 4 is 17.3 Å². The Morgan fingerprint density at radius 2 is 2.11 bits per heavy atom. The van der Waals surface area contributed by atoms with Gasteiger partial charge < -0.3 is 5.32 Å². The quantitative estimate of drug-likeness (QED) is 0.477. The summed E-state index contributed by atoms with van der Waals surface area (Å²) in [6.07, 6.45) is 3.24. The van der Waals surface area contributed by atoms with Crippen molar-refractivity contribution in [1.29, 1.82) is 0 Å². The monoisotopic (exact) mass is 250 g/mol. The molecule has 0 aromatic heterocycles. The zero-order valence-electron chi connectivity index (χ0n) is 10.7. The molecule has 1 aromatic carbocycles. The van der Waals surface area contributed by atoms with Crippen LogP contribution in [-0.4, -0.2) is 10.8 Å². The number of unbranched alkanes of at least 4 members (excludes halogenated alkanes) is 2. The highest BCUT2D eigenvalue weighted by Gasteiger charge is 2.15. The lowest BCUT2D eigenvalue weighted by atomic mass is 10.1. The minimum atomic E-state index is -0.478. The number of nitrogens with zero attached hydrogens (tertiary/aromatic N) is 1. The van der Waals surface area contributed by atoms with E-state index in [0.29, 0.717) is 6.42 Å². The van der Waals surface area contributed by atoms with Gasteiger partial charge in [-0.05, 0) is 25.0 Å². The Morgan fingerprint density at radius 3 is 2.72 bits per heavy atom. The number of nitro groups is 1. The van der Waals surface area contributed by atoms with E-state index in [-0.39, 0.29) is 17.3 Å². The number of rotatable bonds is 6. The molecular weight excluding hydrogens is 232 g/mol. The van der Waals surface area contributed by atoms with Crippen molar-refractivity contribution in [3.05, 3.63) is 33.9 Å². The number of hydrogen-bond donors (Lipinski definition) is 1. The number of amides is 1. The summed E-state index contributed by atoms with van der Waals surface area (Å²) in [6, 6.07) is 4.78.